The Balaban J connectivity index is 1.42. The van der Waals surface area contributed by atoms with Crippen molar-refractivity contribution < 1.29 is 9.18 Å². The Morgan fingerprint density at radius 1 is 1.27 bits per heavy atom. The number of hydrogen-bond acceptors (Lipinski definition) is 4. The Labute approximate surface area is 150 Å². The molecule has 0 aliphatic carbocycles. The lowest BCUT2D eigenvalue weighted by Gasteiger charge is -2.40. The molecule has 7 heteroatoms. The Morgan fingerprint density at radius 3 is 2.88 bits per heavy atom. The van der Waals surface area contributed by atoms with Crippen LogP contribution in [0.1, 0.15) is 12.6 Å². The maximum atomic E-state index is 13.0. The summed E-state index contributed by atoms with van der Waals surface area (Å²) in [4.78, 5) is 25.3. The molecule has 26 heavy (non-hydrogen) atoms. The van der Waals surface area contributed by atoms with E-state index in [4.69, 9.17) is 0 Å². The minimum atomic E-state index is -0.344. The molecule has 1 aliphatic heterocycles. The number of aromatic nitrogens is 3. The molecule has 0 saturated carbocycles. The van der Waals surface area contributed by atoms with Crippen LogP contribution in [0.15, 0.2) is 48.9 Å². The van der Waals surface area contributed by atoms with Gasteiger partial charge in [-0.1, -0.05) is 6.07 Å². The predicted molar refractivity (Wildman–Crippen MR) is 96.5 cm³/mol. The number of carbonyl (C=O) groups is 1. The van der Waals surface area contributed by atoms with Crippen LogP contribution in [0.3, 0.4) is 0 Å². The van der Waals surface area contributed by atoms with E-state index < -0.39 is 0 Å². The highest BCUT2D eigenvalue weighted by Gasteiger charge is 2.28. The van der Waals surface area contributed by atoms with Gasteiger partial charge < -0.3 is 14.2 Å². The average molecular weight is 353 g/mol. The fourth-order valence-corrected chi connectivity index (χ4v) is 3.42. The monoisotopic (exact) mass is 353 g/mol. The molecule has 1 amide bonds. The molecule has 0 radical (unpaired) electrons. The number of fused-ring (bicyclic) bond motifs is 1. The molecule has 134 valence electrons. The highest BCUT2D eigenvalue weighted by molar-refractivity contribution is 5.79. The summed E-state index contributed by atoms with van der Waals surface area (Å²) in [6.07, 6.45) is 5.34. The molecule has 1 aliphatic rings. The summed E-state index contributed by atoms with van der Waals surface area (Å²) in [7, 11) is 0. The van der Waals surface area contributed by atoms with E-state index in [1.54, 1.807) is 6.07 Å². The number of halogens is 1. The van der Waals surface area contributed by atoms with Crippen LogP contribution in [-0.4, -0.2) is 50.9 Å². The van der Waals surface area contributed by atoms with Crippen molar-refractivity contribution in [1.29, 1.82) is 0 Å². The van der Waals surface area contributed by atoms with E-state index in [0.29, 0.717) is 26.1 Å². The summed E-state index contributed by atoms with van der Waals surface area (Å²) in [5, 5.41) is 0. The van der Waals surface area contributed by atoms with Gasteiger partial charge in [-0.15, -0.1) is 0 Å². The highest BCUT2D eigenvalue weighted by Crippen LogP contribution is 2.18. The van der Waals surface area contributed by atoms with Crippen LogP contribution in [0, 0.1) is 5.82 Å². The molecule has 1 fully saturated rings. The molecule has 3 aromatic heterocycles. The largest absolute Gasteiger partial charge is 0.353 e. The van der Waals surface area contributed by atoms with E-state index in [1.165, 1.54) is 12.3 Å². The number of nitrogens with zero attached hydrogens (tertiary/aromatic N) is 5. The molecule has 3 aromatic rings. The first-order valence-corrected chi connectivity index (χ1v) is 8.69. The van der Waals surface area contributed by atoms with Crippen LogP contribution in [0.25, 0.3) is 5.65 Å². The number of hydrogen-bond donors (Lipinski definition) is 0. The van der Waals surface area contributed by atoms with Gasteiger partial charge in [-0.25, -0.2) is 14.4 Å². The van der Waals surface area contributed by atoms with Gasteiger partial charge in [0.05, 0.1) is 18.3 Å². The zero-order valence-electron chi connectivity index (χ0n) is 14.5. The number of piperazine rings is 1. The van der Waals surface area contributed by atoms with E-state index in [0.717, 1.165) is 17.2 Å². The van der Waals surface area contributed by atoms with Crippen molar-refractivity contribution in [2.45, 2.75) is 19.4 Å². The second kappa shape index (κ2) is 6.74. The van der Waals surface area contributed by atoms with Gasteiger partial charge in [-0.3, -0.25) is 4.79 Å². The Hall–Kier alpha value is -2.96. The minimum Gasteiger partial charge on any atom is -0.353 e. The molecule has 1 saturated heterocycles. The molecule has 0 N–H and O–H groups in total. The van der Waals surface area contributed by atoms with Gasteiger partial charge in [0, 0.05) is 38.1 Å². The molecule has 4 rings (SSSR count). The molecule has 1 atom stereocenters. The second-order valence-corrected chi connectivity index (χ2v) is 6.59. The average Bonchev–Trinajstić information content (AvgIpc) is 3.04. The Bertz CT molecular complexity index is 890. The summed E-state index contributed by atoms with van der Waals surface area (Å²) in [6.45, 7) is 4.00. The summed E-state index contributed by atoms with van der Waals surface area (Å²) in [6, 6.07) is 8.93. The second-order valence-electron chi connectivity index (χ2n) is 6.59. The number of rotatable bonds is 3. The number of anilines is 1. The predicted octanol–water partition coefficient (Wildman–Crippen LogP) is 2.15. The van der Waals surface area contributed by atoms with Crippen LogP contribution < -0.4 is 4.90 Å². The third kappa shape index (κ3) is 3.24. The van der Waals surface area contributed by atoms with Crippen molar-refractivity contribution in [1.82, 2.24) is 19.3 Å². The maximum absolute atomic E-state index is 13.0. The lowest BCUT2D eigenvalue weighted by Crippen LogP contribution is -2.54. The molecule has 0 aromatic carbocycles. The minimum absolute atomic E-state index is 0.0557. The van der Waals surface area contributed by atoms with E-state index in [9.17, 15) is 9.18 Å². The fraction of sp³-hybridized carbons (Fsp3) is 0.316. The third-order valence-electron chi connectivity index (χ3n) is 4.73. The van der Waals surface area contributed by atoms with Gasteiger partial charge in [0.15, 0.2) is 0 Å². The van der Waals surface area contributed by atoms with Crippen molar-refractivity contribution in [3.63, 3.8) is 0 Å². The van der Waals surface area contributed by atoms with E-state index in [-0.39, 0.29) is 17.8 Å². The van der Waals surface area contributed by atoms with Crippen LogP contribution in [0.4, 0.5) is 10.2 Å². The number of imidazole rings is 1. The number of carbonyl (C=O) groups excluding carboxylic acids is 1. The molecular weight excluding hydrogens is 333 g/mol. The van der Waals surface area contributed by atoms with Crippen LogP contribution in [0.5, 0.6) is 0 Å². The van der Waals surface area contributed by atoms with Gasteiger partial charge in [0.2, 0.25) is 5.91 Å². The number of amides is 1. The van der Waals surface area contributed by atoms with Crippen molar-refractivity contribution >= 4 is 17.4 Å². The van der Waals surface area contributed by atoms with Gasteiger partial charge >= 0.3 is 0 Å². The van der Waals surface area contributed by atoms with E-state index in [2.05, 4.69) is 14.9 Å². The fourth-order valence-electron chi connectivity index (χ4n) is 3.42. The van der Waals surface area contributed by atoms with Crippen molar-refractivity contribution in [2.24, 2.45) is 0 Å². The van der Waals surface area contributed by atoms with Crippen LogP contribution in [0.2, 0.25) is 0 Å². The van der Waals surface area contributed by atoms with Crippen LogP contribution in [-0.2, 0) is 11.2 Å². The highest BCUT2D eigenvalue weighted by atomic mass is 19.1. The maximum Gasteiger partial charge on any atom is 0.229 e. The molecule has 4 heterocycles. The molecule has 6 nitrogen and oxygen atoms in total. The van der Waals surface area contributed by atoms with Crippen molar-refractivity contribution in [3.05, 3.63) is 60.4 Å². The lowest BCUT2D eigenvalue weighted by molar-refractivity contribution is -0.132. The van der Waals surface area contributed by atoms with Gasteiger partial charge in [0.1, 0.15) is 17.3 Å². The lowest BCUT2D eigenvalue weighted by atomic mass is 10.1. The first-order valence-electron chi connectivity index (χ1n) is 8.69. The molecule has 1 unspecified atom stereocenters. The first-order chi connectivity index (χ1) is 12.6. The molecular formula is C19H20FN5O. The standard InChI is InChI=1S/C19H20FN5O/c1-14-12-24(17-6-5-15(20)11-21-17)8-9-25(14)19(26)10-16-13-23-7-3-2-4-18(23)22-16/h2-7,11,13-14H,8-10,12H2,1H3. The summed E-state index contributed by atoms with van der Waals surface area (Å²) < 4.78 is 15.0. The third-order valence-corrected chi connectivity index (χ3v) is 4.73. The normalized spacial score (nSPS) is 17.7. The summed E-state index contributed by atoms with van der Waals surface area (Å²) >= 11 is 0. The van der Waals surface area contributed by atoms with Gasteiger partial charge in [-0.2, -0.15) is 0 Å². The molecule has 0 bridgehead atoms. The van der Waals surface area contributed by atoms with Crippen molar-refractivity contribution in [3.8, 4) is 0 Å². The van der Waals surface area contributed by atoms with E-state index >= 15 is 0 Å². The number of pyridine rings is 2. The Kier molecular flexibility index (Phi) is 4.28. The van der Waals surface area contributed by atoms with Crippen LogP contribution >= 0.6 is 0 Å². The van der Waals surface area contributed by atoms with Gasteiger partial charge in [0.25, 0.3) is 0 Å². The van der Waals surface area contributed by atoms with Gasteiger partial charge in [-0.05, 0) is 31.2 Å². The zero-order chi connectivity index (χ0) is 18.1. The van der Waals surface area contributed by atoms with E-state index in [1.807, 2.05) is 46.8 Å². The van der Waals surface area contributed by atoms with Crippen molar-refractivity contribution in [2.75, 3.05) is 24.5 Å². The Morgan fingerprint density at radius 2 is 2.15 bits per heavy atom. The zero-order valence-corrected chi connectivity index (χ0v) is 14.5. The smallest absolute Gasteiger partial charge is 0.229 e. The first kappa shape index (κ1) is 16.5. The SMILES string of the molecule is CC1CN(c2ccc(F)cn2)CCN1C(=O)Cc1cn2ccccc2n1. The quantitative estimate of drug-likeness (QED) is 0.724. The topological polar surface area (TPSA) is 53.7 Å². The molecule has 0 spiro atoms. The summed E-state index contributed by atoms with van der Waals surface area (Å²) in [5.41, 5.74) is 1.62. The summed E-state index contributed by atoms with van der Waals surface area (Å²) in [5.74, 6) is 0.474.